The maximum Gasteiger partial charge on any atom is 0.407 e. The largest absolute Gasteiger partial charge is 0.445 e. The van der Waals surface area contributed by atoms with E-state index < -0.39 is 12.7 Å². The van der Waals surface area contributed by atoms with Gasteiger partial charge >= 0.3 is 6.09 Å². The van der Waals surface area contributed by atoms with Crippen molar-refractivity contribution in [2.45, 2.75) is 32.9 Å². The number of rotatable bonds is 6. The number of carbonyl (C=O) groups excluding carboxylic acids is 1. The lowest BCUT2D eigenvalue weighted by Gasteiger charge is -2.17. The molecule has 1 aromatic carbocycles. The second kappa shape index (κ2) is 7.71. The van der Waals surface area contributed by atoms with Crippen LogP contribution in [0.5, 0.6) is 0 Å². The molecule has 0 aromatic heterocycles. The van der Waals surface area contributed by atoms with Crippen LogP contribution in [0.15, 0.2) is 30.3 Å². The summed E-state index contributed by atoms with van der Waals surface area (Å²) in [6.45, 7) is 2.82. The number of alkyl carbamates (subject to hydrolysis) is 1. The number of aliphatic hydroxyl groups is 1. The van der Waals surface area contributed by atoms with E-state index in [4.69, 9.17) is 11.2 Å². The molecule has 4 nitrogen and oxygen atoms in total. The van der Waals surface area contributed by atoms with E-state index in [1.54, 1.807) is 24.3 Å². The highest BCUT2D eigenvalue weighted by Crippen LogP contribution is 2.05. The summed E-state index contributed by atoms with van der Waals surface area (Å²) < 4.78 is 12.7. The minimum Gasteiger partial charge on any atom is -0.445 e. The Bertz CT molecular complexity index is 384. The molecule has 100 valence electrons. The van der Waals surface area contributed by atoms with Crippen LogP contribution in [-0.2, 0) is 11.3 Å². The normalized spacial score (nSPS) is 14.8. The Labute approximate surface area is 109 Å². The first kappa shape index (κ1) is 12.9. The van der Waals surface area contributed by atoms with Crippen molar-refractivity contribution in [3.63, 3.8) is 0 Å². The van der Waals surface area contributed by atoms with E-state index in [-0.39, 0.29) is 12.6 Å². The molecule has 2 N–H and O–H groups in total. The number of hydrogen-bond donors (Lipinski definition) is 2. The summed E-state index contributed by atoms with van der Waals surface area (Å²) in [7, 11) is 0. The second-order valence-electron chi connectivity index (χ2n) is 4.59. The Balaban J connectivity index is 2.46. The van der Waals surface area contributed by atoms with Gasteiger partial charge in [0.2, 0.25) is 0 Å². The van der Waals surface area contributed by atoms with Gasteiger partial charge < -0.3 is 15.2 Å². The van der Waals surface area contributed by atoms with Crippen LogP contribution in [0, 0.1) is 5.92 Å². The zero-order valence-electron chi connectivity index (χ0n) is 11.8. The number of benzene rings is 1. The third-order valence-corrected chi connectivity index (χ3v) is 2.40. The van der Waals surface area contributed by atoms with Crippen molar-refractivity contribution < 1.29 is 16.0 Å². The van der Waals surface area contributed by atoms with Gasteiger partial charge in [0.1, 0.15) is 6.58 Å². The summed E-state index contributed by atoms with van der Waals surface area (Å²) in [4.78, 5) is 11.6. The van der Waals surface area contributed by atoms with Gasteiger partial charge in [-0.15, -0.1) is 0 Å². The summed E-state index contributed by atoms with van der Waals surface area (Å²) in [5, 5.41) is 11.7. The van der Waals surface area contributed by atoms with E-state index in [2.05, 4.69) is 5.32 Å². The molecular formula is C14H21NO3. The molecular weight excluding hydrogens is 230 g/mol. The molecule has 0 fully saturated rings. The van der Waals surface area contributed by atoms with Crippen molar-refractivity contribution in [3.05, 3.63) is 35.9 Å². The molecule has 0 radical (unpaired) electrons. The summed E-state index contributed by atoms with van der Waals surface area (Å²) >= 11 is 0. The van der Waals surface area contributed by atoms with Crippen LogP contribution in [0.4, 0.5) is 4.79 Å². The smallest absolute Gasteiger partial charge is 0.407 e. The molecule has 1 rings (SSSR count). The van der Waals surface area contributed by atoms with E-state index in [0.29, 0.717) is 17.9 Å². The third kappa shape index (κ3) is 5.68. The second-order valence-corrected chi connectivity index (χ2v) is 4.59. The van der Waals surface area contributed by atoms with E-state index in [9.17, 15) is 4.79 Å². The summed E-state index contributed by atoms with van der Waals surface area (Å²) in [6.07, 6.45) is -0.0110. The number of ether oxygens (including phenoxy) is 1. The Morgan fingerprint density at radius 1 is 1.44 bits per heavy atom. The summed E-state index contributed by atoms with van der Waals surface area (Å²) in [5.41, 5.74) is 0.613. The summed E-state index contributed by atoms with van der Waals surface area (Å²) in [6, 6.07) is 8.52. The van der Waals surface area contributed by atoms with Gasteiger partial charge in [0.15, 0.2) is 0 Å². The van der Waals surface area contributed by atoms with Crippen LogP contribution in [0.25, 0.3) is 0 Å². The molecule has 1 unspecified atom stereocenters. The van der Waals surface area contributed by atoms with Crippen LogP contribution in [-0.4, -0.2) is 23.8 Å². The van der Waals surface area contributed by atoms with E-state index in [1.165, 1.54) is 0 Å². The van der Waals surface area contributed by atoms with Gasteiger partial charge in [0.05, 0.1) is 14.0 Å². The highest BCUT2D eigenvalue weighted by Gasteiger charge is 2.13. The Morgan fingerprint density at radius 3 is 2.67 bits per heavy atom. The van der Waals surface area contributed by atoms with Gasteiger partial charge in [-0.1, -0.05) is 44.2 Å². The van der Waals surface area contributed by atoms with Crippen molar-refractivity contribution in [2.75, 3.05) is 6.61 Å². The molecule has 0 spiro atoms. The van der Waals surface area contributed by atoms with Crippen molar-refractivity contribution in [3.8, 4) is 0 Å². The van der Waals surface area contributed by atoms with Gasteiger partial charge in [-0.25, -0.2) is 4.79 Å². The molecule has 4 heteroatoms. The maximum atomic E-state index is 11.6. The number of carbonyl (C=O) groups is 1. The van der Waals surface area contributed by atoms with E-state index in [0.717, 1.165) is 0 Å². The molecule has 0 saturated carbocycles. The summed E-state index contributed by atoms with van der Waals surface area (Å²) in [5.74, 6) is 0.360. The van der Waals surface area contributed by atoms with Crippen LogP contribution >= 0.6 is 0 Å². The molecule has 18 heavy (non-hydrogen) atoms. The lowest BCUT2D eigenvalue weighted by molar-refractivity contribution is 0.126. The van der Waals surface area contributed by atoms with Gasteiger partial charge in [-0.05, 0) is 17.9 Å². The fraction of sp³-hybridized carbons (Fsp3) is 0.500. The number of nitrogens with one attached hydrogen (secondary N) is 1. The first-order chi connectivity index (χ1) is 9.02. The minimum atomic E-state index is -1.06. The molecule has 0 aliphatic carbocycles. The zero-order chi connectivity index (χ0) is 14.3. The third-order valence-electron chi connectivity index (χ3n) is 2.40. The van der Waals surface area contributed by atoms with Crippen molar-refractivity contribution in [2.24, 2.45) is 5.92 Å². The SMILES string of the molecule is [2H]C(OC(=O)N[C@H](CO)CC(C)C)c1ccccc1. The minimum absolute atomic E-state index is 0.138. The van der Waals surface area contributed by atoms with Gasteiger partial charge in [0, 0.05) is 0 Å². The van der Waals surface area contributed by atoms with E-state index in [1.807, 2.05) is 19.9 Å². The fourth-order valence-corrected chi connectivity index (χ4v) is 1.60. The molecule has 0 heterocycles. The van der Waals surface area contributed by atoms with E-state index >= 15 is 0 Å². The van der Waals surface area contributed by atoms with Gasteiger partial charge in [-0.2, -0.15) is 0 Å². The van der Waals surface area contributed by atoms with Gasteiger partial charge in [0.25, 0.3) is 0 Å². The molecule has 2 atom stereocenters. The molecule has 0 saturated heterocycles. The highest BCUT2D eigenvalue weighted by atomic mass is 16.5. The number of amides is 1. The average molecular weight is 252 g/mol. The Kier molecular flexibility index (Phi) is 5.53. The van der Waals surface area contributed by atoms with Crippen molar-refractivity contribution >= 4 is 6.09 Å². The standard InChI is InChI=1S/C14H21NO3/c1-11(2)8-13(9-16)15-14(17)18-10-12-6-4-3-5-7-12/h3-7,11,13,16H,8-10H2,1-2H3,(H,15,17)/t13-/m0/s1/i10D/t10?,13-. The Hall–Kier alpha value is -1.55. The van der Waals surface area contributed by atoms with Crippen LogP contribution in [0.1, 0.15) is 27.2 Å². The zero-order valence-corrected chi connectivity index (χ0v) is 10.8. The molecule has 0 bridgehead atoms. The Morgan fingerprint density at radius 2 is 2.11 bits per heavy atom. The highest BCUT2D eigenvalue weighted by molar-refractivity contribution is 5.67. The van der Waals surface area contributed by atoms with Crippen LogP contribution in [0.3, 0.4) is 0 Å². The maximum absolute atomic E-state index is 11.6. The number of aliphatic hydroxyl groups excluding tert-OH is 1. The quantitative estimate of drug-likeness (QED) is 0.817. The van der Waals surface area contributed by atoms with Crippen molar-refractivity contribution in [1.29, 1.82) is 0 Å². The fourth-order valence-electron chi connectivity index (χ4n) is 1.60. The van der Waals surface area contributed by atoms with Crippen LogP contribution < -0.4 is 5.32 Å². The average Bonchev–Trinajstić information content (AvgIpc) is 2.38. The molecule has 0 aliphatic heterocycles. The van der Waals surface area contributed by atoms with Crippen molar-refractivity contribution in [1.82, 2.24) is 5.32 Å². The molecule has 0 aliphatic rings. The molecule has 1 amide bonds. The van der Waals surface area contributed by atoms with Gasteiger partial charge in [-0.3, -0.25) is 0 Å². The lowest BCUT2D eigenvalue weighted by Crippen LogP contribution is -2.38. The molecule has 1 aromatic rings. The first-order valence-corrected chi connectivity index (χ1v) is 6.08. The monoisotopic (exact) mass is 252 g/mol. The van der Waals surface area contributed by atoms with Crippen LogP contribution in [0.2, 0.25) is 0 Å². The number of hydrogen-bond acceptors (Lipinski definition) is 3. The predicted molar refractivity (Wildman–Crippen MR) is 70.1 cm³/mol. The topological polar surface area (TPSA) is 58.6 Å². The lowest BCUT2D eigenvalue weighted by atomic mass is 10.0. The first-order valence-electron chi connectivity index (χ1n) is 6.66. The predicted octanol–water partition coefficient (Wildman–Crippen LogP) is 2.32.